The second-order valence-electron chi connectivity index (χ2n) is 2.61. The molecule has 2 N–H and O–H groups in total. The van der Waals surface area contributed by atoms with Crippen LogP contribution < -0.4 is 5.73 Å². The van der Waals surface area contributed by atoms with Gasteiger partial charge in [-0.15, -0.1) is 0 Å². The maximum Gasteiger partial charge on any atom is 0.342 e. The van der Waals surface area contributed by atoms with Gasteiger partial charge in [-0.2, -0.15) is 4.37 Å². The van der Waals surface area contributed by atoms with Gasteiger partial charge < -0.3 is 10.5 Å². The Bertz CT molecular complexity index is 309. The number of hydrogen-bond acceptors (Lipinski definition) is 5. The van der Waals surface area contributed by atoms with E-state index in [1.54, 1.807) is 0 Å². The van der Waals surface area contributed by atoms with Crippen molar-refractivity contribution in [3.05, 3.63) is 11.3 Å². The van der Waals surface area contributed by atoms with Crippen molar-refractivity contribution in [2.45, 2.75) is 19.8 Å². The van der Waals surface area contributed by atoms with E-state index in [2.05, 4.69) is 9.11 Å². The van der Waals surface area contributed by atoms with Gasteiger partial charge in [0.05, 0.1) is 12.8 Å². The van der Waals surface area contributed by atoms with Gasteiger partial charge in [-0.05, 0) is 18.0 Å². The topological polar surface area (TPSA) is 65.2 Å². The first-order chi connectivity index (χ1) is 6.20. The molecule has 1 rings (SSSR count). The van der Waals surface area contributed by atoms with Gasteiger partial charge in [0.15, 0.2) is 0 Å². The summed E-state index contributed by atoms with van der Waals surface area (Å²) in [5, 5.41) is 0.440. The van der Waals surface area contributed by atoms with E-state index in [1.807, 2.05) is 6.92 Å². The number of rotatable bonds is 3. The predicted molar refractivity (Wildman–Crippen MR) is 51.9 cm³/mol. The van der Waals surface area contributed by atoms with Crippen LogP contribution in [0.4, 0.5) is 5.00 Å². The van der Waals surface area contributed by atoms with Gasteiger partial charge in [-0.3, -0.25) is 0 Å². The molecule has 1 heterocycles. The minimum absolute atomic E-state index is 0.394. The van der Waals surface area contributed by atoms with Crippen LogP contribution in [-0.4, -0.2) is 17.5 Å². The van der Waals surface area contributed by atoms with Gasteiger partial charge in [0, 0.05) is 0 Å². The summed E-state index contributed by atoms with van der Waals surface area (Å²) in [6, 6.07) is 0. The van der Waals surface area contributed by atoms with Crippen LogP contribution >= 0.6 is 11.5 Å². The van der Waals surface area contributed by atoms with Crippen LogP contribution in [-0.2, 0) is 11.2 Å². The number of anilines is 1. The highest BCUT2D eigenvalue weighted by molar-refractivity contribution is 7.10. The Morgan fingerprint density at radius 2 is 2.38 bits per heavy atom. The summed E-state index contributed by atoms with van der Waals surface area (Å²) in [4.78, 5) is 11.3. The van der Waals surface area contributed by atoms with Crippen molar-refractivity contribution in [2.24, 2.45) is 0 Å². The number of aryl methyl sites for hydroxylation is 1. The molecule has 4 nitrogen and oxygen atoms in total. The number of nitrogens with zero attached hydrogens (tertiary/aromatic N) is 1. The maximum absolute atomic E-state index is 11.3. The fourth-order valence-electron chi connectivity index (χ4n) is 1.07. The van der Waals surface area contributed by atoms with Gasteiger partial charge in [0.25, 0.3) is 0 Å². The first-order valence-electron chi connectivity index (χ1n) is 4.03. The van der Waals surface area contributed by atoms with Crippen LogP contribution in [0.1, 0.15) is 29.4 Å². The van der Waals surface area contributed by atoms with Crippen LogP contribution in [0.15, 0.2) is 0 Å². The van der Waals surface area contributed by atoms with Crippen LogP contribution in [0, 0.1) is 0 Å². The highest BCUT2D eigenvalue weighted by Crippen LogP contribution is 2.23. The van der Waals surface area contributed by atoms with Crippen LogP contribution in [0.3, 0.4) is 0 Å². The molecule has 72 valence electrons. The molecule has 13 heavy (non-hydrogen) atoms. The molecule has 0 aliphatic heterocycles. The number of aromatic nitrogens is 1. The van der Waals surface area contributed by atoms with Crippen LogP contribution in [0.2, 0.25) is 0 Å². The normalized spacial score (nSPS) is 10.0. The van der Waals surface area contributed by atoms with E-state index in [4.69, 9.17) is 5.73 Å². The Balaban J connectivity index is 3.01. The highest BCUT2D eigenvalue weighted by Gasteiger charge is 2.18. The van der Waals surface area contributed by atoms with Gasteiger partial charge in [-0.25, -0.2) is 4.79 Å². The average Bonchev–Trinajstić information content (AvgIpc) is 2.47. The SMILES string of the molecule is CCCc1nsc(N)c1C(=O)OC. The fourth-order valence-corrected chi connectivity index (χ4v) is 1.75. The standard InChI is InChI=1S/C8H12N2O2S/c1-3-4-5-6(8(11)12-2)7(9)13-10-5/h3-4,9H2,1-2H3. The lowest BCUT2D eigenvalue weighted by molar-refractivity contribution is 0.0601. The molecule has 0 bridgehead atoms. The molecule has 0 saturated carbocycles. The maximum atomic E-state index is 11.3. The Morgan fingerprint density at radius 3 is 2.92 bits per heavy atom. The van der Waals surface area contributed by atoms with E-state index in [0.29, 0.717) is 10.6 Å². The van der Waals surface area contributed by atoms with Crippen LogP contribution in [0.25, 0.3) is 0 Å². The number of ether oxygens (including phenoxy) is 1. The van der Waals surface area contributed by atoms with E-state index >= 15 is 0 Å². The van der Waals surface area contributed by atoms with Crippen molar-refractivity contribution < 1.29 is 9.53 Å². The first kappa shape index (κ1) is 9.98. The summed E-state index contributed by atoms with van der Waals surface area (Å²) in [6.07, 6.45) is 1.70. The largest absolute Gasteiger partial charge is 0.465 e. The van der Waals surface area contributed by atoms with E-state index in [0.717, 1.165) is 30.1 Å². The number of carbonyl (C=O) groups is 1. The minimum Gasteiger partial charge on any atom is -0.465 e. The number of nitrogen functional groups attached to an aromatic ring is 1. The van der Waals surface area contributed by atoms with Crippen molar-refractivity contribution in [3.63, 3.8) is 0 Å². The second kappa shape index (κ2) is 4.23. The molecule has 0 aliphatic rings. The molecule has 0 atom stereocenters. The zero-order chi connectivity index (χ0) is 9.84. The molecule has 1 aromatic rings. The quantitative estimate of drug-likeness (QED) is 0.750. The smallest absolute Gasteiger partial charge is 0.342 e. The Kier molecular flexibility index (Phi) is 3.25. The van der Waals surface area contributed by atoms with Crippen molar-refractivity contribution in [1.82, 2.24) is 4.37 Å². The lowest BCUT2D eigenvalue weighted by Gasteiger charge is -1.99. The zero-order valence-electron chi connectivity index (χ0n) is 7.66. The van der Waals surface area contributed by atoms with Crippen molar-refractivity contribution in [1.29, 1.82) is 0 Å². The number of esters is 1. The monoisotopic (exact) mass is 200 g/mol. The van der Waals surface area contributed by atoms with Gasteiger partial charge >= 0.3 is 5.97 Å². The Labute approximate surface area is 80.9 Å². The molecule has 0 saturated heterocycles. The van der Waals surface area contributed by atoms with Crippen LogP contribution in [0.5, 0.6) is 0 Å². The number of hydrogen-bond donors (Lipinski definition) is 1. The predicted octanol–water partition coefficient (Wildman–Crippen LogP) is 1.46. The summed E-state index contributed by atoms with van der Waals surface area (Å²) in [5.74, 6) is -0.394. The lowest BCUT2D eigenvalue weighted by atomic mass is 10.1. The second-order valence-corrected chi connectivity index (χ2v) is 3.42. The third-order valence-corrected chi connectivity index (χ3v) is 2.38. The third kappa shape index (κ3) is 1.98. The lowest BCUT2D eigenvalue weighted by Crippen LogP contribution is -2.06. The van der Waals surface area contributed by atoms with E-state index in [1.165, 1.54) is 7.11 Å². The van der Waals surface area contributed by atoms with E-state index < -0.39 is 5.97 Å². The molecule has 0 amide bonds. The highest BCUT2D eigenvalue weighted by atomic mass is 32.1. The van der Waals surface area contributed by atoms with Crippen molar-refractivity contribution in [2.75, 3.05) is 12.8 Å². The molecule has 0 unspecified atom stereocenters. The Morgan fingerprint density at radius 1 is 1.69 bits per heavy atom. The number of carbonyl (C=O) groups excluding carboxylic acids is 1. The van der Waals surface area contributed by atoms with E-state index in [-0.39, 0.29) is 0 Å². The molecule has 0 radical (unpaired) electrons. The van der Waals surface area contributed by atoms with Gasteiger partial charge in [0.1, 0.15) is 10.6 Å². The van der Waals surface area contributed by atoms with E-state index in [9.17, 15) is 4.79 Å². The molecule has 5 heteroatoms. The summed E-state index contributed by atoms with van der Waals surface area (Å²) >= 11 is 1.14. The summed E-state index contributed by atoms with van der Waals surface area (Å²) < 4.78 is 8.70. The first-order valence-corrected chi connectivity index (χ1v) is 4.80. The molecular formula is C8H12N2O2S. The average molecular weight is 200 g/mol. The minimum atomic E-state index is -0.394. The zero-order valence-corrected chi connectivity index (χ0v) is 8.48. The molecular weight excluding hydrogens is 188 g/mol. The van der Waals surface area contributed by atoms with Crippen molar-refractivity contribution >= 4 is 22.5 Å². The van der Waals surface area contributed by atoms with Crippen molar-refractivity contribution in [3.8, 4) is 0 Å². The molecule has 1 aromatic heterocycles. The molecule has 0 spiro atoms. The summed E-state index contributed by atoms with van der Waals surface area (Å²) in [6.45, 7) is 2.02. The number of nitrogens with two attached hydrogens (primary N) is 1. The summed E-state index contributed by atoms with van der Waals surface area (Å²) in [7, 11) is 1.34. The summed E-state index contributed by atoms with van der Waals surface area (Å²) in [5.41, 5.74) is 6.79. The molecule has 0 aliphatic carbocycles. The molecule has 0 fully saturated rings. The Hall–Kier alpha value is -1.10. The number of methoxy groups -OCH3 is 1. The third-order valence-electron chi connectivity index (χ3n) is 1.67. The van der Waals surface area contributed by atoms with Gasteiger partial charge in [-0.1, -0.05) is 13.3 Å². The molecule has 0 aromatic carbocycles. The van der Waals surface area contributed by atoms with Gasteiger partial charge in [0.2, 0.25) is 0 Å². The fraction of sp³-hybridized carbons (Fsp3) is 0.500.